The lowest BCUT2D eigenvalue weighted by molar-refractivity contribution is -1.02. The number of hydrogen-bond acceptors (Lipinski definition) is 2. The van der Waals surface area contributed by atoms with Crippen molar-refractivity contribution in [2.45, 2.75) is 32.9 Å². The molecule has 3 amide bonds. The van der Waals surface area contributed by atoms with Gasteiger partial charge in [0.1, 0.15) is 32.7 Å². The molecule has 7 heteroatoms. The van der Waals surface area contributed by atoms with Crippen molar-refractivity contribution >= 4 is 23.5 Å². The van der Waals surface area contributed by atoms with Crippen molar-refractivity contribution < 1.29 is 19.4 Å². The number of imide groups is 1. The highest BCUT2D eigenvalue weighted by atomic mass is 35.5. The molecule has 1 aromatic rings. The predicted octanol–water partition coefficient (Wildman–Crippen LogP) is -0.752. The van der Waals surface area contributed by atoms with E-state index in [-0.39, 0.29) is 11.9 Å². The zero-order valence-corrected chi connectivity index (χ0v) is 15.8. The lowest BCUT2D eigenvalue weighted by Gasteiger charge is -2.29. The Morgan fingerprint density at radius 3 is 2.32 bits per heavy atom. The summed E-state index contributed by atoms with van der Waals surface area (Å²) in [7, 11) is 0. The van der Waals surface area contributed by atoms with Crippen molar-refractivity contribution in [3.8, 4) is 0 Å². The molecule has 0 bridgehead atoms. The van der Waals surface area contributed by atoms with E-state index in [4.69, 9.17) is 11.6 Å². The highest BCUT2D eigenvalue weighted by molar-refractivity contribution is 6.30. The fourth-order valence-electron chi connectivity index (χ4n) is 2.96. The van der Waals surface area contributed by atoms with Crippen LogP contribution in [0.3, 0.4) is 0 Å². The van der Waals surface area contributed by atoms with E-state index < -0.39 is 6.03 Å². The minimum Gasteiger partial charge on any atom is -0.335 e. The largest absolute Gasteiger partial charge is 0.335 e. The van der Waals surface area contributed by atoms with Gasteiger partial charge in [0.25, 0.3) is 5.91 Å². The molecule has 1 fully saturated rings. The Morgan fingerprint density at radius 1 is 1.12 bits per heavy atom. The van der Waals surface area contributed by atoms with Crippen LogP contribution in [0.1, 0.15) is 25.8 Å². The van der Waals surface area contributed by atoms with Gasteiger partial charge in [-0.3, -0.25) is 10.1 Å². The van der Waals surface area contributed by atoms with Gasteiger partial charge in [-0.25, -0.2) is 4.79 Å². The number of hydrogen-bond donors (Lipinski definition) is 4. The molecule has 4 N–H and O–H groups in total. The second-order valence-electron chi connectivity index (χ2n) is 6.81. The van der Waals surface area contributed by atoms with Gasteiger partial charge in [-0.1, -0.05) is 30.7 Å². The number of quaternary nitrogens is 2. The Hall–Kier alpha value is -1.63. The van der Waals surface area contributed by atoms with Gasteiger partial charge in [0, 0.05) is 16.6 Å². The molecule has 1 heterocycles. The molecule has 2 rings (SSSR count). The van der Waals surface area contributed by atoms with E-state index in [1.165, 1.54) is 15.4 Å². The van der Waals surface area contributed by atoms with E-state index in [0.717, 1.165) is 44.2 Å². The van der Waals surface area contributed by atoms with E-state index in [0.29, 0.717) is 6.54 Å². The third kappa shape index (κ3) is 7.02. The molecule has 0 aromatic heterocycles. The zero-order valence-electron chi connectivity index (χ0n) is 15.0. The van der Waals surface area contributed by atoms with Crippen molar-refractivity contribution in [1.29, 1.82) is 0 Å². The van der Waals surface area contributed by atoms with Crippen molar-refractivity contribution in [3.63, 3.8) is 0 Å². The molecule has 0 saturated carbocycles. The van der Waals surface area contributed by atoms with E-state index in [1.54, 1.807) is 0 Å². The van der Waals surface area contributed by atoms with E-state index in [2.05, 4.69) is 22.8 Å². The fourth-order valence-corrected chi connectivity index (χ4v) is 3.09. The lowest BCUT2D eigenvalue weighted by Crippen LogP contribution is -3.28. The number of carbonyl (C=O) groups excluding carboxylic acids is 2. The Labute approximate surface area is 154 Å². The summed E-state index contributed by atoms with van der Waals surface area (Å²) in [6.07, 6.45) is 0.839. The van der Waals surface area contributed by atoms with Gasteiger partial charge in [-0.2, -0.15) is 0 Å². The Kier molecular flexibility index (Phi) is 7.68. The molecule has 1 aliphatic rings. The number of amides is 3. The summed E-state index contributed by atoms with van der Waals surface area (Å²) >= 11 is 5.92. The first-order valence-corrected chi connectivity index (χ1v) is 9.36. The summed E-state index contributed by atoms with van der Waals surface area (Å²) in [6.45, 7) is 9.14. The maximum Gasteiger partial charge on any atom is 0.321 e. The number of nitrogens with one attached hydrogen (secondary N) is 4. The summed E-state index contributed by atoms with van der Waals surface area (Å²) in [4.78, 5) is 26.4. The summed E-state index contributed by atoms with van der Waals surface area (Å²) in [5.74, 6) is -0.211. The summed E-state index contributed by atoms with van der Waals surface area (Å²) in [5.41, 5.74) is 1.28. The van der Waals surface area contributed by atoms with Gasteiger partial charge < -0.3 is 15.1 Å². The minimum absolute atomic E-state index is 0.0696. The molecule has 1 aliphatic heterocycles. The average Bonchev–Trinajstić information content (AvgIpc) is 2.58. The number of piperazine rings is 1. The van der Waals surface area contributed by atoms with Crippen LogP contribution in [-0.4, -0.2) is 50.7 Å². The van der Waals surface area contributed by atoms with Crippen molar-refractivity contribution in [3.05, 3.63) is 34.9 Å². The zero-order chi connectivity index (χ0) is 18.2. The molecule has 1 saturated heterocycles. The molecule has 0 spiro atoms. The van der Waals surface area contributed by atoms with Crippen LogP contribution in [0.4, 0.5) is 4.79 Å². The molecule has 0 aliphatic carbocycles. The first-order chi connectivity index (χ1) is 12.0. The summed E-state index contributed by atoms with van der Waals surface area (Å²) < 4.78 is 0. The van der Waals surface area contributed by atoms with Crippen LogP contribution in [0, 0.1) is 0 Å². The maximum absolute atomic E-state index is 12.0. The monoisotopic (exact) mass is 368 g/mol. The summed E-state index contributed by atoms with van der Waals surface area (Å²) in [5, 5.41) is 5.92. The molecule has 1 atom stereocenters. The SMILES string of the molecule is CC[C@H](C)NC(=O)NC(=O)C[NH+]1CC[NH+](Cc2ccc(Cl)cc2)CC1. The molecule has 138 valence electrons. The van der Waals surface area contributed by atoms with Crippen LogP contribution in [0.15, 0.2) is 24.3 Å². The minimum atomic E-state index is -0.397. The van der Waals surface area contributed by atoms with Crippen LogP contribution < -0.4 is 20.4 Å². The van der Waals surface area contributed by atoms with Gasteiger partial charge in [0.15, 0.2) is 6.54 Å². The van der Waals surface area contributed by atoms with Crippen LogP contribution in [0.2, 0.25) is 5.02 Å². The number of carbonyl (C=O) groups is 2. The molecule has 0 radical (unpaired) electrons. The van der Waals surface area contributed by atoms with E-state index >= 15 is 0 Å². The molecule has 0 unspecified atom stereocenters. The van der Waals surface area contributed by atoms with Gasteiger partial charge in [-0.15, -0.1) is 0 Å². The molecular formula is C18H29ClN4O2+2. The molecule has 1 aromatic carbocycles. The number of benzene rings is 1. The van der Waals surface area contributed by atoms with E-state index in [1.807, 2.05) is 26.0 Å². The Morgan fingerprint density at radius 2 is 1.72 bits per heavy atom. The summed E-state index contributed by atoms with van der Waals surface area (Å²) in [6, 6.07) is 7.65. The second kappa shape index (κ2) is 9.75. The lowest BCUT2D eigenvalue weighted by atomic mass is 10.2. The van der Waals surface area contributed by atoms with Gasteiger partial charge in [-0.05, 0) is 25.5 Å². The predicted molar refractivity (Wildman–Crippen MR) is 97.8 cm³/mol. The standard InChI is InChI=1S/C18H27ClN4O2/c1-3-14(2)20-18(25)21-17(24)13-23-10-8-22(9-11-23)12-15-4-6-16(19)7-5-15/h4-7,14H,3,8-13H2,1-2H3,(H2,20,21,24,25)/p+2/t14-/m0/s1. The normalized spacial score (nSPS) is 21.4. The Bertz CT molecular complexity index is 571. The number of halogens is 1. The van der Waals surface area contributed by atoms with Crippen molar-refractivity contribution in [2.24, 2.45) is 0 Å². The first kappa shape index (κ1) is 19.7. The number of rotatable bonds is 6. The van der Waals surface area contributed by atoms with Gasteiger partial charge in [0.2, 0.25) is 0 Å². The van der Waals surface area contributed by atoms with Crippen LogP contribution in [0.25, 0.3) is 0 Å². The van der Waals surface area contributed by atoms with Crippen LogP contribution >= 0.6 is 11.6 Å². The smallest absolute Gasteiger partial charge is 0.321 e. The molecule has 6 nitrogen and oxygen atoms in total. The third-order valence-corrected chi connectivity index (χ3v) is 4.94. The maximum atomic E-state index is 12.0. The van der Waals surface area contributed by atoms with E-state index in [9.17, 15) is 9.59 Å². The van der Waals surface area contributed by atoms with Crippen LogP contribution in [-0.2, 0) is 11.3 Å². The molecular weight excluding hydrogens is 340 g/mol. The first-order valence-electron chi connectivity index (χ1n) is 8.98. The highest BCUT2D eigenvalue weighted by Gasteiger charge is 2.25. The second-order valence-corrected chi connectivity index (χ2v) is 7.25. The third-order valence-electron chi connectivity index (χ3n) is 4.68. The van der Waals surface area contributed by atoms with Crippen LogP contribution in [0.5, 0.6) is 0 Å². The average molecular weight is 369 g/mol. The number of urea groups is 1. The topological polar surface area (TPSA) is 67.1 Å². The van der Waals surface area contributed by atoms with Gasteiger partial charge >= 0.3 is 6.03 Å². The van der Waals surface area contributed by atoms with Gasteiger partial charge in [0.05, 0.1) is 0 Å². The van der Waals surface area contributed by atoms with Crippen molar-refractivity contribution in [1.82, 2.24) is 10.6 Å². The highest BCUT2D eigenvalue weighted by Crippen LogP contribution is 2.08. The Balaban J connectivity index is 1.68. The van der Waals surface area contributed by atoms with Crippen molar-refractivity contribution in [2.75, 3.05) is 32.7 Å². The quantitative estimate of drug-likeness (QED) is 0.533. The molecule has 25 heavy (non-hydrogen) atoms. The fraction of sp³-hybridized carbons (Fsp3) is 0.556.